The third-order valence-electron chi connectivity index (χ3n) is 2.93. The van der Waals surface area contributed by atoms with Gasteiger partial charge in [-0.3, -0.25) is 0 Å². The Labute approximate surface area is 125 Å². The molecule has 0 bridgehead atoms. The topological polar surface area (TPSA) is 35.5 Å². The molecule has 0 spiro atoms. The fraction of sp³-hybridized carbons (Fsp3) is 0.188. The number of hydrogen-bond acceptors (Lipinski definition) is 3. The number of carbonyl (C=O) groups is 1. The number of ether oxygens (including phenoxy) is 2. The number of rotatable bonds is 4. The van der Waals surface area contributed by atoms with Gasteiger partial charge in [0.05, 0.1) is 24.8 Å². The zero-order valence-electron chi connectivity index (χ0n) is 12.0. The van der Waals surface area contributed by atoms with Crippen molar-refractivity contribution < 1.29 is 27.4 Å². The van der Waals surface area contributed by atoms with Crippen LogP contribution in [0.3, 0.4) is 0 Å². The van der Waals surface area contributed by atoms with Crippen molar-refractivity contribution in [3.05, 3.63) is 53.3 Å². The molecule has 0 fully saturated rings. The summed E-state index contributed by atoms with van der Waals surface area (Å²) in [5.74, 6) is -3.25. The molecule has 2 rings (SSSR count). The zero-order valence-corrected chi connectivity index (χ0v) is 12.0. The summed E-state index contributed by atoms with van der Waals surface area (Å²) in [5.41, 5.74) is -0.188. The summed E-state index contributed by atoms with van der Waals surface area (Å²) in [6, 6.07) is 4.87. The molecule has 0 aromatic heterocycles. The normalized spacial score (nSPS) is 10.4. The van der Waals surface area contributed by atoms with Crippen molar-refractivity contribution in [3.63, 3.8) is 0 Å². The first-order valence-electron chi connectivity index (χ1n) is 6.47. The molecule has 2 aromatic carbocycles. The van der Waals surface area contributed by atoms with Crippen molar-refractivity contribution in [2.75, 3.05) is 13.7 Å². The van der Waals surface area contributed by atoms with E-state index in [0.29, 0.717) is 6.07 Å². The molecule has 0 saturated carbocycles. The van der Waals surface area contributed by atoms with E-state index in [9.17, 15) is 18.0 Å². The largest absolute Gasteiger partial charge is 0.493 e. The summed E-state index contributed by atoms with van der Waals surface area (Å²) in [7, 11) is 1.16. The Hall–Kier alpha value is -2.50. The first-order chi connectivity index (χ1) is 10.5. The van der Waals surface area contributed by atoms with Gasteiger partial charge in [-0.2, -0.15) is 0 Å². The predicted octanol–water partition coefficient (Wildman–Crippen LogP) is 3.96. The number of halogens is 3. The SMILES string of the molecule is CCOc1cc(C(=O)OC)cc(F)c1-c1cc(F)cc(F)c1. The zero-order chi connectivity index (χ0) is 16.3. The molecule has 0 atom stereocenters. The maximum Gasteiger partial charge on any atom is 0.338 e. The average molecular weight is 310 g/mol. The summed E-state index contributed by atoms with van der Waals surface area (Å²) in [6.45, 7) is 1.85. The van der Waals surface area contributed by atoms with E-state index in [-0.39, 0.29) is 29.0 Å². The second-order valence-corrected chi connectivity index (χ2v) is 4.41. The summed E-state index contributed by atoms with van der Waals surface area (Å²) >= 11 is 0. The van der Waals surface area contributed by atoms with Crippen LogP contribution in [-0.4, -0.2) is 19.7 Å². The van der Waals surface area contributed by atoms with Gasteiger partial charge in [0.1, 0.15) is 23.2 Å². The average Bonchev–Trinajstić information content (AvgIpc) is 2.45. The molecule has 6 heteroatoms. The van der Waals surface area contributed by atoms with Crippen LogP contribution >= 0.6 is 0 Å². The van der Waals surface area contributed by atoms with Crippen LogP contribution in [0.4, 0.5) is 13.2 Å². The Balaban J connectivity index is 2.66. The fourth-order valence-corrected chi connectivity index (χ4v) is 2.06. The van der Waals surface area contributed by atoms with Crippen LogP contribution in [0.5, 0.6) is 5.75 Å². The fourth-order valence-electron chi connectivity index (χ4n) is 2.06. The van der Waals surface area contributed by atoms with Crippen molar-refractivity contribution in [1.82, 2.24) is 0 Å². The van der Waals surface area contributed by atoms with E-state index in [1.807, 2.05) is 0 Å². The molecule has 0 aliphatic heterocycles. The number of methoxy groups -OCH3 is 1. The second kappa shape index (κ2) is 6.51. The van der Waals surface area contributed by atoms with E-state index in [1.54, 1.807) is 6.92 Å². The molecule has 0 N–H and O–H groups in total. The molecule has 2 aromatic rings. The molecule has 22 heavy (non-hydrogen) atoms. The summed E-state index contributed by atoms with van der Waals surface area (Å²) in [4.78, 5) is 11.5. The van der Waals surface area contributed by atoms with Crippen molar-refractivity contribution in [3.8, 4) is 16.9 Å². The molecule has 0 heterocycles. The molecule has 0 aliphatic carbocycles. The Morgan fingerprint density at radius 3 is 2.23 bits per heavy atom. The van der Waals surface area contributed by atoms with E-state index in [2.05, 4.69) is 4.74 Å². The lowest BCUT2D eigenvalue weighted by molar-refractivity contribution is 0.0599. The van der Waals surface area contributed by atoms with Gasteiger partial charge in [-0.05, 0) is 36.8 Å². The van der Waals surface area contributed by atoms with E-state index in [1.165, 1.54) is 6.07 Å². The van der Waals surface area contributed by atoms with E-state index in [0.717, 1.165) is 25.3 Å². The van der Waals surface area contributed by atoms with E-state index >= 15 is 0 Å². The highest BCUT2D eigenvalue weighted by molar-refractivity contribution is 5.91. The van der Waals surface area contributed by atoms with Crippen LogP contribution in [0.15, 0.2) is 30.3 Å². The molecule has 0 amide bonds. The lowest BCUT2D eigenvalue weighted by Gasteiger charge is -2.13. The van der Waals surface area contributed by atoms with Crippen molar-refractivity contribution in [2.45, 2.75) is 6.92 Å². The van der Waals surface area contributed by atoms with Gasteiger partial charge >= 0.3 is 5.97 Å². The van der Waals surface area contributed by atoms with Crippen LogP contribution in [0, 0.1) is 17.5 Å². The van der Waals surface area contributed by atoms with Gasteiger partial charge in [-0.25, -0.2) is 18.0 Å². The number of hydrogen-bond donors (Lipinski definition) is 0. The summed E-state index contributed by atoms with van der Waals surface area (Å²) in [5, 5.41) is 0. The first-order valence-corrected chi connectivity index (χ1v) is 6.47. The maximum atomic E-state index is 14.3. The number of benzene rings is 2. The number of carbonyl (C=O) groups excluding carboxylic acids is 1. The van der Waals surface area contributed by atoms with Crippen molar-refractivity contribution in [1.29, 1.82) is 0 Å². The molecular formula is C16H13F3O3. The second-order valence-electron chi connectivity index (χ2n) is 4.41. The minimum Gasteiger partial charge on any atom is -0.493 e. The standard InChI is InChI=1S/C16H13F3O3/c1-3-22-14-7-10(16(20)21-2)6-13(19)15(14)9-4-11(17)8-12(18)5-9/h4-8H,3H2,1-2H3. The van der Waals surface area contributed by atoms with E-state index < -0.39 is 23.4 Å². The molecule has 0 saturated heterocycles. The van der Waals surface area contributed by atoms with Crippen LogP contribution in [0.25, 0.3) is 11.1 Å². The monoisotopic (exact) mass is 310 g/mol. The Morgan fingerprint density at radius 2 is 1.68 bits per heavy atom. The lowest BCUT2D eigenvalue weighted by Crippen LogP contribution is -2.05. The van der Waals surface area contributed by atoms with Crippen molar-refractivity contribution >= 4 is 5.97 Å². The van der Waals surface area contributed by atoms with Gasteiger partial charge in [0.2, 0.25) is 0 Å². The highest BCUT2D eigenvalue weighted by atomic mass is 19.1. The Bertz CT molecular complexity index is 694. The van der Waals surface area contributed by atoms with Crippen LogP contribution in [-0.2, 0) is 4.74 Å². The van der Waals surface area contributed by atoms with Crippen molar-refractivity contribution in [2.24, 2.45) is 0 Å². The smallest absolute Gasteiger partial charge is 0.338 e. The summed E-state index contributed by atoms with van der Waals surface area (Å²) in [6.07, 6.45) is 0. The highest BCUT2D eigenvalue weighted by Crippen LogP contribution is 2.35. The highest BCUT2D eigenvalue weighted by Gasteiger charge is 2.19. The summed E-state index contributed by atoms with van der Waals surface area (Å²) < 4.78 is 50.9. The maximum absolute atomic E-state index is 14.3. The molecule has 0 aliphatic rings. The Kier molecular flexibility index (Phi) is 4.70. The molecule has 0 radical (unpaired) electrons. The van der Waals surface area contributed by atoms with Gasteiger partial charge in [-0.1, -0.05) is 0 Å². The molecule has 3 nitrogen and oxygen atoms in total. The van der Waals surface area contributed by atoms with E-state index in [4.69, 9.17) is 4.74 Å². The van der Waals surface area contributed by atoms with Crippen LogP contribution in [0.2, 0.25) is 0 Å². The predicted molar refractivity (Wildman–Crippen MR) is 74.3 cm³/mol. The minimum absolute atomic E-state index is 0.00731. The van der Waals surface area contributed by atoms with Crippen LogP contribution < -0.4 is 4.74 Å². The van der Waals surface area contributed by atoms with Crippen LogP contribution in [0.1, 0.15) is 17.3 Å². The molecule has 0 unspecified atom stereocenters. The lowest BCUT2D eigenvalue weighted by atomic mass is 10.0. The molecular weight excluding hydrogens is 297 g/mol. The number of esters is 1. The third kappa shape index (κ3) is 3.21. The quantitative estimate of drug-likeness (QED) is 0.802. The van der Waals surface area contributed by atoms with Gasteiger partial charge in [0.25, 0.3) is 0 Å². The minimum atomic E-state index is -0.839. The third-order valence-corrected chi connectivity index (χ3v) is 2.93. The van der Waals surface area contributed by atoms with Gasteiger partial charge in [0, 0.05) is 6.07 Å². The Morgan fingerprint density at radius 1 is 1.05 bits per heavy atom. The molecule has 116 valence electrons. The van der Waals surface area contributed by atoms with Gasteiger partial charge < -0.3 is 9.47 Å². The van der Waals surface area contributed by atoms with Gasteiger partial charge in [0.15, 0.2) is 0 Å². The first kappa shape index (κ1) is 15.9. The van der Waals surface area contributed by atoms with Gasteiger partial charge in [-0.15, -0.1) is 0 Å².